The van der Waals surface area contributed by atoms with Gasteiger partial charge in [-0.05, 0) is 36.5 Å². The maximum absolute atomic E-state index is 13.2. The number of benzene rings is 2. The first-order chi connectivity index (χ1) is 15.1. The van der Waals surface area contributed by atoms with E-state index in [2.05, 4.69) is 45.6 Å². The smallest absolute Gasteiger partial charge is 0.274 e. The Labute approximate surface area is 182 Å². The van der Waals surface area contributed by atoms with Gasteiger partial charge in [-0.1, -0.05) is 54.6 Å². The van der Waals surface area contributed by atoms with Crippen molar-refractivity contribution in [1.82, 2.24) is 20.2 Å². The third kappa shape index (κ3) is 4.48. The molecule has 1 N–H and O–H groups in total. The summed E-state index contributed by atoms with van der Waals surface area (Å²) >= 11 is 0. The highest BCUT2D eigenvalue weighted by Gasteiger charge is 2.46. The lowest BCUT2D eigenvalue weighted by Gasteiger charge is -2.28. The van der Waals surface area contributed by atoms with Gasteiger partial charge in [0.25, 0.3) is 5.91 Å². The van der Waals surface area contributed by atoms with Gasteiger partial charge in [-0.2, -0.15) is 0 Å². The van der Waals surface area contributed by atoms with Crippen molar-refractivity contribution in [1.29, 1.82) is 0 Å². The van der Waals surface area contributed by atoms with Gasteiger partial charge >= 0.3 is 0 Å². The summed E-state index contributed by atoms with van der Waals surface area (Å²) in [5.41, 5.74) is 2.99. The Morgan fingerprint density at radius 1 is 1.06 bits per heavy atom. The summed E-state index contributed by atoms with van der Waals surface area (Å²) in [6, 6.07) is 18.5. The van der Waals surface area contributed by atoms with E-state index >= 15 is 0 Å². The molecular formula is C25H26N4O2. The van der Waals surface area contributed by atoms with Gasteiger partial charge in [-0.25, -0.2) is 4.98 Å². The molecule has 0 radical (unpaired) electrons. The van der Waals surface area contributed by atoms with E-state index in [4.69, 9.17) is 0 Å². The third-order valence-corrected chi connectivity index (χ3v) is 5.82. The minimum atomic E-state index is -0.664. The molecule has 3 aromatic rings. The van der Waals surface area contributed by atoms with E-state index in [1.54, 1.807) is 11.1 Å². The quantitative estimate of drug-likeness (QED) is 0.671. The number of carbonyl (C=O) groups is 2. The predicted molar refractivity (Wildman–Crippen MR) is 119 cm³/mol. The molecular weight excluding hydrogens is 388 g/mol. The van der Waals surface area contributed by atoms with Gasteiger partial charge in [0.2, 0.25) is 5.91 Å². The molecule has 1 aliphatic heterocycles. The lowest BCUT2D eigenvalue weighted by atomic mass is 9.79. The first kappa shape index (κ1) is 20.7. The zero-order valence-electron chi connectivity index (χ0n) is 17.6. The number of carbonyl (C=O) groups excluding carboxylic acids is 2. The minimum absolute atomic E-state index is 0.00504. The van der Waals surface area contributed by atoms with E-state index in [0.717, 1.165) is 16.7 Å². The Morgan fingerprint density at radius 3 is 2.61 bits per heavy atom. The zero-order chi connectivity index (χ0) is 21.7. The number of likely N-dealkylation sites (tertiary alicyclic amines) is 1. The standard InChI is InChI=1S/C25H26N4O2/c1-2-27-24(31)25(11-14-29(18-25)23(30)22-17-26-12-13-28-22)16-19-7-6-10-21(15-19)20-8-4-3-5-9-20/h3-10,12-13,15,17H,2,11,14,16,18H2,1H3,(H,27,31)/t25-/m1/s1. The molecule has 2 heterocycles. The predicted octanol–water partition coefficient (Wildman–Crippen LogP) is 3.35. The van der Waals surface area contributed by atoms with Crippen molar-refractivity contribution < 1.29 is 9.59 Å². The molecule has 6 heteroatoms. The van der Waals surface area contributed by atoms with Crippen LogP contribution in [0.1, 0.15) is 29.4 Å². The number of hydrogen-bond donors (Lipinski definition) is 1. The molecule has 158 valence electrons. The van der Waals surface area contributed by atoms with Gasteiger partial charge in [-0.3, -0.25) is 14.6 Å². The van der Waals surface area contributed by atoms with Crippen molar-refractivity contribution in [3.63, 3.8) is 0 Å². The maximum Gasteiger partial charge on any atom is 0.274 e. The first-order valence-corrected chi connectivity index (χ1v) is 10.6. The molecule has 0 unspecified atom stereocenters. The van der Waals surface area contributed by atoms with Crippen LogP contribution in [0.3, 0.4) is 0 Å². The summed E-state index contributed by atoms with van der Waals surface area (Å²) in [5, 5.41) is 2.99. The molecule has 4 rings (SSSR count). The van der Waals surface area contributed by atoms with Crippen LogP contribution in [0.4, 0.5) is 0 Å². The molecule has 1 atom stereocenters. The first-order valence-electron chi connectivity index (χ1n) is 10.6. The van der Waals surface area contributed by atoms with E-state index < -0.39 is 5.41 Å². The molecule has 0 spiro atoms. The Morgan fingerprint density at radius 2 is 1.87 bits per heavy atom. The lowest BCUT2D eigenvalue weighted by molar-refractivity contribution is -0.130. The van der Waals surface area contributed by atoms with Crippen LogP contribution in [-0.2, 0) is 11.2 Å². The van der Waals surface area contributed by atoms with Crippen molar-refractivity contribution >= 4 is 11.8 Å². The summed E-state index contributed by atoms with van der Waals surface area (Å²) in [5.74, 6) is -0.188. The minimum Gasteiger partial charge on any atom is -0.356 e. The molecule has 2 amide bonds. The molecule has 1 aliphatic rings. The van der Waals surface area contributed by atoms with Gasteiger partial charge in [0.15, 0.2) is 0 Å². The largest absolute Gasteiger partial charge is 0.356 e. The number of rotatable bonds is 6. The Balaban J connectivity index is 1.59. The van der Waals surface area contributed by atoms with Gasteiger partial charge in [0.05, 0.1) is 11.6 Å². The van der Waals surface area contributed by atoms with Crippen LogP contribution in [0.25, 0.3) is 11.1 Å². The summed E-state index contributed by atoms with van der Waals surface area (Å²) in [6.07, 6.45) is 5.71. The van der Waals surface area contributed by atoms with E-state index in [1.807, 2.05) is 31.2 Å². The average Bonchev–Trinajstić information content (AvgIpc) is 3.25. The van der Waals surface area contributed by atoms with E-state index in [0.29, 0.717) is 38.2 Å². The van der Waals surface area contributed by atoms with Crippen molar-refractivity contribution in [2.24, 2.45) is 5.41 Å². The van der Waals surface area contributed by atoms with Gasteiger partial charge < -0.3 is 10.2 Å². The van der Waals surface area contributed by atoms with E-state index in [-0.39, 0.29) is 11.8 Å². The highest BCUT2D eigenvalue weighted by Crippen LogP contribution is 2.36. The average molecular weight is 415 g/mol. The van der Waals surface area contributed by atoms with E-state index in [1.165, 1.54) is 12.4 Å². The van der Waals surface area contributed by atoms with Crippen molar-refractivity contribution in [3.05, 3.63) is 84.4 Å². The monoisotopic (exact) mass is 414 g/mol. The summed E-state index contributed by atoms with van der Waals surface area (Å²) in [6.45, 7) is 3.36. The molecule has 0 aliphatic carbocycles. The van der Waals surface area contributed by atoms with Crippen LogP contribution in [0.15, 0.2) is 73.2 Å². The molecule has 1 saturated heterocycles. The molecule has 1 aromatic heterocycles. The van der Waals surface area contributed by atoms with Crippen LogP contribution in [-0.4, -0.2) is 46.3 Å². The molecule has 31 heavy (non-hydrogen) atoms. The lowest BCUT2D eigenvalue weighted by Crippen LogP contribution is -2.45. The van der Waals surface area contributed by atoms with E-state index in [9.17, 15) is 9.59 Å². The highest BCUT2D eigenvalue weighted by atomic mass is 16.2. The van der Waals surface area contributed by atoms with Crippen LogP contribution in [0.2, 0.25) is 0 Å². The molecule has 0 bridgehead atoms. The van der Waals surface area contributed by atoms with Gasteiger partial charge in [-0.15, -0.1) is 0 Å². The second-order valence-corrected chi connectivity index (χ2v) is 7.95. The van der Waals surface area contributed by atoms with Crippen molar-refractivity contribution in [3.8, 4) is 11.1 Å². The second-order valence-electron chi connectivity index (χ2n) is 7.95. The van der Waals surface area contributed by atoms with Gasteiger partial charge in [0.1, 0.15) is 5.69 Å². The topological polar surface area (TPSA) is 75.2 Å². The Bertz CT molecular complexity index is 1060. The summed E-state index contributed by atoms with van der Waals surface area (Å²) in [7, 11) is 0. The van der Waals surface area contributed by atoms with Crippen LogP contribution in [0.5, 0.6) is 0 Å². The number of aromatic nitrogens is 2. The third-order valence-electron chi connectivity index (χ3n) is 5.82. The van der Waals surface area contributed by atoms with Crippen LogP contribution >= 0.6 is 0 Å². The molecule has 6 nitrogen and oxygen atoms in total. The Kier molecular flexibility index (Phi) is 6.07. The number of nitrogens with zero attached hydrogens (tertiary/aromatic N) is 3. The zero-order valence-corrected chi connectivity index (χ0v) is 17.6. The fourth-order valence-electron chi connectivity index (χ4n) is 4.26. The number of amides is 2. The normalized spacial score (nSPS) is 18.0. The van der Waals surface area contributed by atoms with Crippen molar-refractivity contribution in [2.45, 2.75) is 19.8 Å². The molecule has 1 fully saturated rings. The van der Waals surface area contributed by atoms with Crippen LogP contribution in [0, 0.1) is 5.41 Å². The highest BCUT2D eigenvalue weighted by molar-refractivity contribution is 5.93. The second kappa shape index (κ2) is 9.08. The molecule has 2 aromatic carbocycles. The molecule has 0 saturated carbocycles. The summed E-state index contributed by atoms with van der Waals surface area (Å²) in [4.78, 5) is 35.9. The number of hydrogen-bond acceptors (Lipinski definition) is 4. The van der Waals surface area contributed by atoms with Crippen molar-refractivity contribution in [2.75, 3.05) is 19.6 Å². The fraction of sp³-hybridized carbons (Fsp3) is 0.280. The maximum atomic E-state index is 13.2. The fourth-order valence-corrected chi connectivity index (χ4v) is 4.26. The summed E-state index contributed by atoms with van der Waals surface area (Å²) < 4.78 is 0. The van der Waals surface area contributed by atoms with Crippen LogP contribution < -0.4 is 5.32 Å². The number of nitrogens with one attached hydrogen (secondary N) is 1. The van der Waals surface area contributed by atoms with Gasteiger partial charge in [0, 0.05) is 32.0 Å². The SMILES string of the molecule is CCNC(=O)[C@@]1(Cc2cccc(-c3ccccc3)c2)CCN(C(=O)c2cnccn2)C1. The Hall–Kier alpha value is -3.54.